The highest BCUT2D eigenvalue weighted by atomic mass is 16.5. The normalized spacial score (nSPS) is 24.0. The van der Waals surface area contributed by atoms with Crippen LogP contribution in [0.5, 0.6) is 0 Å². The maximum atomic E-state index is 12.2. The second-order valence-corrected chi connectivity index (χ2v) is 6.17. The van der Waals surface area contributed by atoms with Crippen LogP contribution in [0.3, 0.4) is 0 Å². The van der Waals surface area contributed by atoms with Crippen molar-refractivity contribution >= 4 is 11.7 Å². The van der Waals surface area contributed by atoms with E-state index in [2.05, 4.69) is 48.5 Å². The third kappa shape index (κ3) is 2.58. The molecular formula is C18H24N2O2. The number of rotatable bonds is 2. The summed E-state index contributed by atoms with van der Waals surface area (Å²) in [4.78, 5) is 14.3. The second-order valence-electron chi connectivity index (χ2n) is 6.17. The zero-order chi connectivity index (χ0) is 15.7. The number of para-hydroxylation sites is 1. The van der Waals surface area contributed by atoms with E-state index in [1.807, 2.05) is 6.92 Å². The molecule has 0 aromatic heterocycles. The fourth-order valence-electron chi connectivity index (χ4n) is 3.46. The molecule has 2 aliphatic rings. The Balaban J connectivity index is 1.93. The Morgan fingerprint density at radius 1 is 1.36 bits per heavy atom. The first-order valence-electron chi connectivity index (χ1n) is 8.09. The van der Waals surface area contributed by atoms with Crippen LogP contribution in [0.15, 0.2) is 35.7 Å². The molecule has 1 aromatic rings. The number of esters is 1. The third-order valence-electron chi connectivity index (χ3n) is 4.74. The zero-order valence-electron chi connectivity index (χ0n) is 13.6. The largest absolute Gasteiger partial charge is 0.464 e. The summed E-state index contributed by atoms with van der Waals surface area (Å²) in [6.45, 7) is 4.54. The highest BCUT2D eigenvalue weighted by Crippen LogP contribution is 2.37. The molecule has 1 aromatic carbocycles. The van der Waals surface area contributed by atoms with E-state index in [-0.39, 0.29) is 12.0 Å². The minimum Gasteiger partial charge on any atom is -0.464 e. The molecule has 0 amide bonds. The average Bonchev–Trinajstić information content (AvgIpc) is 2.68. The van der Waals surface area contributed by atoms with Crippen LogP contribution in [-0.4, -0.2) is 25.7 Å². The van der Waals surface area contributed by atoms with Crippen LogP contribution in [0.25, 0.3) is 0 Å². The van der Waals surface area contributed by atoms with Gasteiger partial charge in [0.2, 0.25) is 0 Å². The summed E-state index contributed by atoms with van der Waals surface area (Å²) >= 11 is 0. The highest BCUT2D eigenvalue weighted by molar-refractivity contribution is 5.77. The number of carbonyl (C=O) groups excluding carboxylic acids is 1. The van der Waals surface area contributed by atoms with E-state index in [0.717, 1.165) is 25.1 Å². The molecule has 0 fully saturated rings. The SMILES string of the molecule is CCOC(=O)C1CCC(C)C2=C(N1)N(C)c1ccccc1C2. The quantitative estimate of drug-likeness (QED) is 0.853. The van der Waals surface area contributed by atoms with Crippen LogP contribution in [0.1, 0.15) is 32.3 Å². The molecule has 118 valence electrons. The van der Waals surface area contributed by atoms with E-state index in [4.69, 9.17) is 4.74 Å². The zero-order valence-corrected chi connectivity index (χ0v) is 13.6. The summed E-state index contributed by atoms with van der Waals surface area (Å²) in [5.41, 5.74) is 3.96. The first-order chi connectivity index (χ1) is 10.6. The van der Waals surface area contributed by atoms with Gasteiger partial charge >= 0.3 is 5.97 Å². The minimum atomic E-state index is -0.248. The van der Waals surface area contributed by atoms with Crippen molar-refractivity contribution in [2.75, 3.05) is 18.6 Å². The molecule has 2 aliphatic heterocycles. The molecule has 0 saturated carbocycles. The molecule has 4 nitrogen and oxygen atoms in total. The monoisotopic (exact) mass is 300 g/mol. The Morgan fingerprint density at radius 3 is 2.91 bits per heavy atom. The van der Waals surface area contributed by atoms with Crippen LogP contribution in [0, 0.1) is 5.92 Å². The molecule has 0 aliphatic carbocycles. The lowest BCUT2D eigenvalue weighted by Gasteiger charge is -2.34. The average molecular weight is 300 g/mol. The number of fused-ring (bicyclic) bond motifs is 1. The number of hydrogen-bond donors (Lipinski definition) is 1. The Labute approximate surface area is 132 Å². The summed E-state index contributed by atoms with van der Waals surface area (Å²) in [7, 11) is 2.07. The number of nitrogens with zero attached hydrogens (tertiary/aromatic N) is 1. The van der Waals surface area contributed by atoms with Gasteiger partial charge in [0.1, 0.15) is 11.9 Å². The van der Waals surface area contributed by atoms with Crippen molar-refractivity contribution in [3.8, 4) is 0 Å². The Hall–Kier alpha value is -1.97. The van der Waals surface area contributed by atoms with Crippen molar-refractivity contribution in [3.05, 3.63) is 41.2 Å². The number of allylic oxidation sites excluding steroid dienone is 1. The van der Waals surface area contributed by atoms with Crippen LogP contribution in [0.2, 0.25) is 0 Å². The van der Waals surface area contributed by atoms with E-state index < -0.39 is 0 Å². The predicted octanol–water partition coefficient (Wildman–Crippen LogP) is 2.84. The number of benzene rings is 1. The van der Waals surface area contributed by atoms with Gasteiger partial charge in [-0.05, 0) is 49.3 Å². The fourth-order valence-corrected chi connectivity index (χ4v) is 3.46. The Bertz CT molecular complexity index is 609. The summed E-state index contributed by atoms with van der Waals surface area (Å²) in [5, 5.41) is 3.45. The van der Waals surface area contributed by atoms with Gasteiger partial charge in [-0.15, -0.1) is 0 Å². The summed E-state index contributed by atoms with van der Waals surface area (Å²) in [6.07, 6.45) is 2.78. The third-order valence-corrected chi connectivity index (χ3v) is 4.74. The van der Waals surface area contributed by atoms with E-state index in [9.17, 15) is 4.79 Å². The minimum absolute atomic E-state index is 0.143. The van der Waals surface area contributed by atoms with E-state index in [1.165, 1.54) is 16.8 Å². The summed E-state index contributed by atoms with van der Waals surface area (Å²) in [6, 6.07) is 8.23. The van der Waals surface area contributed by atoms with E-state index >= 15 is 0 Å². The lowest BCUT2D eigenvalue weighted by atomic mass is 9.88. The van der Waals surface area contributed by atoms with Crippen molar-refractivity contribution in [2.24, 2.45) is 5.92 Å². The van der Waals surface area contributed by atoms with Gasteiger partial charge in [0.15, 0.2) is 0 Å². The topological polar surface area (TPSA) is 41.6 Å². The number of nitrogens with one attached hydrogen (secondary N) is 1. The number of ether oxygens (including phenoxy) is 1. The lowest BCUT2D eigenvalue weighted by molar-refractivity contribution is -0.145. The highest BCUT2D eigenvalue weighted by Gasteiger charge is 2.32. The van der Waals surface area contributed by atoms with Gasteiger partial charge in [-0.1, -0.05) is 25.1 Å². The molecule has 22 heavy (non-hydrogen) atoms. The van der Waals surface area contributed by atoms with Gasteiger partial charge in [0.05, 0.1) is 6.61 Å². The maximum Gasteiger partial charge on any atom is 0.328 e. The molecular weight excluding hydrogens is 276 g/mol. The predicted molar refractivity (Wildman–Crippen MR) is 87.5 cm³/mol. The molecule has 0 saturated heterocycles. The van der Waals surface area contributed by atoms with Gasteiger partial charge in [0.25, 0.3) is 0 Å². The van der Waals surface area contributed by atoms with Crippen molar-refractivity contribution in [1.29, 1.82) is 0 Å². The molecule has 2 atom stereocenters. The first-order valence-corrected chi connectivity index (χ1v) is 8.09. The number of carbonyl (C=O) groups is 1. The maximum absolute atomic E-state index is 12.2. The van der Waals surface area contributed by atoms with Crippen LogP contribution in [-0.2, 0) is 16.0 Å². The fraction of sp³-hybridized carbons (Fsp3) is 0.500. The van der Waals surface area contributed by atoms with Gasteiger partial charge in [0, 0.05) is 12.7 Å². The molecule has 2 heterocycles. The standard InChI is InChI=1S/C18H24N2O2/c1-4-22-18(21)15-10-9-12(2)14-11-13-7-5-6-8-16(13)20(3)17(14)19-15/h5-8,12,15,19H,4,9-11H2,1-3H3. The van der Waals surface area contributed by atoms with Crippen LogP contribution >= 0.6 is 0 Å². The molecule has 1 N–H and O–H groups in total. The van der Waals surface area contributed by atoms with E-state index in [1.54, 1.807) is 0 Å². The lowest BCUT2D eigenvalue weighted by Crippen LogP contribution is -2.42. The Morgan fingerprint density at radius 2 is 2.14 bits per heavy atom. The van der Waals surface area contributed by atoms with Gasteiger partial charge in [-0.3, -0.25) is 0 Å². The van der Waals surface area contributed by atoms with E-state index in [0.29, 0.717) is 12.5 Å². The van der Waals surface area contributed by atoms with Crippen molar-refractivity contribution in [3.63, 3.8) is 0 Å². The summed E-state index contributed by atoms with van der Waals surface area (Å²) < 4.78 is 5.21. The number of hydrogen-bond acceptors (Lipinski definition) is 4. The van der Waals surface area contributed by atoms with Crippen molar-refractivity contribution < 1.29 is 9.53 Å². The van der Waals surface area contributed by atoms with Gasteiger partial charge in [-0.25, -0.2) is 4.79 Å². The van der Waals surface area contributed by atoms with Crippen LogP contribution in [0.4, 0.5) is 5.69 Å². The Kier molecular flexibility index (Phi) is 4.10. The first kappa shape index (κ1) is 14.9. The molecule has 0 radical (unpaired) electrons. The summed E-state index contributed by atoms with van der Waals surface area (Å²) in [5.74, 6) is 1.41. The molecule has 3 rings (SSSR count). The molecule has 0 bridgehead atoms. The molecule has 4 heteroatoms. The van der Waals surface area contributed by atoms with Gasteiger partial charge < -0.3 is 15.0 Å². The second kappa shape index (κ2) is 6.03. The van der Waals surface area contributed by atoms with Crippen molar-refractivity contribution in [2.45, 2.75) is 39.2 Å². The van der Waals surface area contributed by atoms with Crippen molar-refractivity contribution in [1.82, 2.24) is 5.32 Å². The van der Waals surface area contributed by atoms with Crippen LogP contribution < -0.4 is 10.2 Å². The number of anilines is 1. The molecule has 2 unspecified atom stereocenters. The molecule has 0 spiro atoms. The van der Waals surface area contributed by atoms with Gasteiger partial charge in [-0.2, -0.15) is 0 Å². The smallest absolute Gasteiger partial charge is 0.328 e.